The van der Waals surface area contributed by atoms with Crippen molar-refractivity contribution in [2.45, 2.75) is 0 Å². The van der Waals surface area contributed by atoms with E-state index in [2.05, 4.69) is 15.0 Å². The second-order valence-corrected chi connectivity index (χ2v) is 7.15. The highest BCUT2D eigenvalue weighted by molar-refractivity contribution is 6.15. The third-order valence-electron chi connectivity index (χ3n) is 5.15. The Labute approximate surface area is 190 Å². The number of cyclic esters (lactones) is 1. The lowest BCUT2D eigenvalue weighted by molar-refractivity contribution is -0.130. The van der Waals surface area contributed by atoms with Gasteiger partial charge in [-0.1, -0.05) is 18.2 Å². The van der Waals surface area contributed by atoms with Crippen molar-refractivity contribution in [1.82, 2.24) is 14.8 Å². The second kappa shape index (κ2) is 9.11. The van der Waals surface area contributed by atoms with Crippen LogP contribution in [-0.2, 0) is 9.53 Å². The first-order chi connectivity index (χ1) is 15.2. The highest BCUT2D eigenvalue weighted by atomic mass is 35.5. The van der Waals surface area contributed by atoms with Crippen molar-refractivity contribution in [3.63, 3.8) is 0 Å². The summed E-state index contributed by atoms with van der Waals surface area (Å²) < 4.78 is 10.9. The van der Waals surface area contributed by atoms with Crippen LogP contribution in [0.15, 0.2) is 81.2 Å². The molecule has 0 bridgehead atoms. The number of fused-ring (bicyclic) bond motifs is 1. The molecule has 2 aliphatic heterocycles. The third kappa shape index (κ3) is 4.28. The minimum absolute atomic E-state index is 0. The molecule has 5 rings (SSSR count). The lowest BCUT2D eigenvalue weighted by Gasteiger charge is -2.34. The van der Waals surface area contributed by atoms with Gasteiger partial charge in [-0.25, -0.2) is 14.8 Å². The third-order valence-corrected chi connectivity index (χ3v) is 5.15. The molecule has 10 heteroatoms. The van der Waals surface area contributed by atoms with E-state index in [9.17, 15) is 4.79 Å². The van der Waals surface area contributed by atoms with Crippen molar-refractivity contribution in [2.75, 3.05) is 26.2 Å². The molecule has 2 aromatic heterocycles. The normalized spacial score (nSPS) is 18.0. The summed E-state index contributed by atoms with van der Waals surface area (Å²) >= 11 is 0. The molecule has 2 N–H and O–H groups in total. The summed E-state index contributed by atoms with van der Waals surface area (Å²) in [4.78, 5) is 29.3. The molecule has 3 aromatic rings. The van der Waals surface area contributed by atoms with Crippen molar-refractivity contribution in [1.29, 1.82) is 0 Å². The summed E-state index contributed by atoms with van der Waals surface area (Å²) in [5, 5.41) is 0.926. The number of guanidine groups is 1. The summed E-state index contributed by atoms with van der Waals surface area (Å²) in [6, 6.07) is 13.0. The molecule has 1 saturated heterocycles. The molecule has 0 saturated carbocycles. The van der Waals surface area contributed by atoms with Gasteiger partial charge in [0.05, 0.1) is 11.8 Å². The minimum Gasteiger partial charge on any atom is -0.464 e. The number of hydrogen-bond donors (Lipinski definition) is 1. The number of para-hydroxylation sites is 1. The van der Waals surface area contributed by atoms with Crippen molar-refractivity contribution in [3.05, 3.63) is 72.4 Å². The number of rotatable bonds is 3. The first-order valence-corrected chi connectivity index (χ1v) is 9.91. The lowest BCUT2D eigenvalue weighted by atomic mass is 10.1. The Bertz CT molecular complexity index is 1210. The standard InChI is InChI=1S/C22H20N6O3.ClH/c23-22(26-18-6-1-2-8-24-18)28-11-9-27(10-12-28)14-17-21(29)31-20(25-17)16-5-3-4-15-7-13-30-19(15)16;/h1-8,13-14H,9-12H2,(H2,23,24,26);1H. The highest BCUT2D eigenvalue weighted by Crippen LogP contribution is 2.25. The zero-order chi connectivity index (χ0) is 21.2. The van der Waals surface area contributed by atoms with Crippen molar-refractivity contribution in [3.8, 4) is 0 Å². The number of ether oxygens (including phenoxy) is 1. The summed E-state index contributed by atoms with van der Waals surface area (Å²) in [6.45, 7) is 2.69. The maximum Gasteiger partial charge on any atom is 0.365 e. The Hall–Kier alpha value is -3.85. The van der Waals surface area contributed by atoms with Crippen LogP contribution in [0.4, 0.5) is 5.82 Å². The zero-order valence-electron chi connectivity index (χ0n) is 17.0. The summed E-state index contributed by atoms with van der Waals surface area (Å²) in [5.41, 5.74) is 7.69. The van der Waals surface area contributed by atoms with Gasteiger partial charge in [0.2, 0.25) is 5.90 Å². The SMILES string of the molecule is Cl.NC(=Nc1ccccn1)N1CCN(C=C2N=C(c3cccc4ccoc34)OC2=O)CC1. The average Bonchev–Trinajstić information content (AvgIpc) is 3.41. The topological polar surface area (TPSA) is 110 Å². The Balaban J connectivity index is 0.00000245. The average molecular weight is 453 g/mol. The van der Waals surface area contributed by atoms with Gasteiger partial charge in [-0.2, -0.15) is 4.99 Å². The van der Waals surface area contributed by atoms with Crippen LogP contribution in [-0.4, -0.2) is 58.8 Å². The fourth-order valence-corrected chi connectivity index (χ4v) is 3.54. The molecular weight excluding hydrogens is 432 g/mol. The summed E-state index contributed by atoms with van der Waals surface area (Å²) in [7, 11) is 0. The van der Waals surface area contributed by atoms with Crippen LogP contribution in [0.3, 0.4) is 0 Å². The van der Waals surface area contributed by atoms with Crippen molar-refractivity contribution >= 4 is 47.0 Å². The molecule has 0 radical (unpaired) electrons. The number of aromatic nitrogens is 1. The molecule has 2 aliphatic rings. The van der Waals surface area contributed by atoms with Crippen LogP contribution in [0, 0.1) is 0 Å². The second-order valence-electron chi connectivity index (χ2n) is 7.15. The number of nitrogens with zero attached hydrogens (tertiary/aromatic N) is 5. The number of benzene rings is 1. The molecule has 0 atom stereocenters. The molecule has 0 spiro atoms. The molecule has 164 valence electrons. The highest BCUT2D eigenvalue weighted by Gasteiger charge is 2.27. The van der Waals surface area contributed by atoms with E-state index in [0.717, 1.165) is 5.39 Å². The van der Waals surface area contributed by atoms with E-state index in [4.69, 9.17) is 14.9 Å². The lowest BCUT2D eigenvalue weighted by Crippen LogP contribution is -2.49. The van der Waals surface area contributed by atoms with Gasteiger partial charge in [-0.3, -0.25) is 0 Å². The number of aliphatic imine (C=N–C) groups is 2. The van der Waals surface area contributed by atoms with Gasteiger partial charge < -0.3 is 24.7 Å². The fourth-order valence-electron chi connectivity index (χ4n) is 3.54. The quantitative estimate of drug-likeness (QED) is 0.281. The Morgan fingerprint density at radius 3 is 2.72 bits per heavy atom. The van der Waals surface area contributed by atoms with Crippen LogP contribution in [0.25, 0.3) is 11.0 Å². The van der Waals surface area contributed by atoms with Gasteiger partial charge in [0.1, 0.15) is 5.58 Å². The Kier molecular flexibility index (Phi) is 6.09. The number of halogens is 1. The number of piperazine rings is 1. The number of carbonyl (C=O) groups is 1. The molecule has 0 aliphatic carbocycles. The van der Waals surface area contributed by atoms with E-state index < -0.39 is 5.97 Å². The maximum atomic E-state index is 12.4. The van der Waals surface area contributed by atoms with Crippen LogP contribution in [0.5, 0.6) is 0 Å². The van der Waals surface area contributed by atoms with Gasteiger partial charge in [0.25, 0.3) is 0 Å². The number of pyridine rings is 1. The van der Waals surface area contributed by atoms with E-state index in [1.807, 2.05) is 46.2 Å². The molecule has 4 heterocycles. The molecule has 9 nitrogen and oxygen atoms in total. The van der Waals surface area contributed by atoms with E-state index in [0.29, 0.717) is 49.1 Å². The van der Waals surface area contributed by atoms with Gasteiger partial charge in [-0.05, 0) is 24.3 Å². The fraction of sp³-hybridized carbons (Fsp3) is 0.182. The van der Waals surface area contributed by atoms with Crippen LogP contribution >= 0.6 is 12.4 Å². The van der Waals surface area contributed by atoms with Crippen molar-refractivity contribution < 1.29 is 13.9 Å². The van der Waals surface area contributed by atoms with Crippen molar-refractivity contribution in [2.24, 2.45) is 15.7 Å². The summed E-state index contributed by atoms with van der Waals surface area (Å²) in [6.07, 6.45) is 5.02. The summed E-state index contributed by atoms with van der Waals surface area (Å²) in [5.74, 6) is 0.782. The van der Waals surface area contributed by atoms with E-state index >= 15 is 0 Å². The maximum absolute atomic E-state index is 12.4. The number of carbonyl (C=O) groups excluding carboxylic acids is 1. The Morgan fingerprint density at radius 2 is 1.94 bits per heavy atom. The zero-order valence-corrected chi connectivity index (χ0v) is 17.9. The molecule has 0 unspecified atom stereocenters. The van der Waals surface area contributed by atoms with Gasteiger partial charge >= 0.3 is 5.97 Å². The number of nitrogens with two attached hydrogens (primary N) is 1. The van der Waals surface area contributed by atoms with E-state index in [1.165, 1.54) is 0 Å². The molecule has 1 aromatic carbocycles. The van der Waals surface area contributed by atoms with Gasteiger partial charge in [0, 0.05) is 44.0 Å². The molecule has 1 fully saturated rings. The van der Waals surface area contributed by atoms with Crippen LogP contribution in [0.2, 0.25) is 0 Å². The van der Waals surface area contributed by atoms with Crippen LogP contribution < -0.4 is 5.73 Å². The monoisotopic (exact) mass is 452 g/mol. The van der Waals surface area contributed by atoms with Gasteiger partial charge in [0.15, 0.2) is 17.5 Å². The molecule has 0 amide bonds. The number of esters is 1. The number of furan rings is 1. The van der Waals surface area contributed by atoms with E-state index in [1.54, 1.807) is 24.7 Å². The predicted molar refractivity (Wildman–Crippen MR) is 123 cm³/mol. The number of hydrogen-bond acceptors (Lipinski definition) is 7. The molecule has 32 heavy (non-hydrogen) atoms. The molecular formula is C22H21ClN6O3. The minimum atomic E-state index is -0.475. The Morgan fingerprint density at radius 1 is 1.09 bits per heavy atom. The first-order valence-electron chi connectivity index (χ1n) is 9.91. The van der Waals surface area contributed by atoms with Crippen LogP contribution in [0.1, 0.15) is 5.56 Å². The first kappa shape index (κ1) is 21.4. The van der Waals surface area contributed by atoms with Gasteiger partial charge in [-0.15, -0.1) is 12.4 Å². The predicted octanol–water partition coefficient (Wildman–Crippen LogP) is 2.66. The largest absolute Gasteiger partial charge is 0.464 e. The van der Waals surface area contributed by atoms with E-state index in [-0.39, 0.29) is 24.0 Å². The smallest absolute Gasteiger partial charge is 0.365 e.